The fourth-order valence-corrected chi connectivity index (χ4v) is 7.97. The molecule has 214 valence electrons. The second kappa shape index (κ2) is 12.1. The van der Waals surface area contributed by atoms with Crippen LogP contribution in [0.2, 0.25) is 0 Å². The van der Waals surface area contributed by atoms with Crippen molar-refractivity contribution in [3.63, 3.8) is 0 Å². The van der Waals surface area contributed by atoms with Gasteiger partial charge in [0.25, 0.3) is 0 Å². The van der Waals surface area contributed by atoms with E-state index in [1.165, 1.54) is 51.4 Å². The summed E-state index contributed by atoms with van der Waals surface area (Å²) >= 11 is 0. The molecule has 5 rings (SSSR count). The van der Waals surface area contributed by atoms with E-state index in [0.717, 1.165) is 36.9 Å². The van der Waals surface area contributed by atoms with Gasteiger partial charge in [-0.05, 0) is 37.3 Å². The van der Waals surface area contributed by atoms with Crippen molar-refractivity contribution < 1.29 is 24.2 Å². The van der Waals surface area contributed by atoms with E-state index < -0.39 is 17.1 Å². The molecule has 1 aromatic carbocycles. The van der Waals surface area contributed by atoms with E-state index in [4.69, 9.17) is 9.47 Å². The van der Waals surface area contributed by atoms with Crippen LogP contribution in [0.1, 0.15) is 114 Å². The van der Waals surface area contributed by atoms with Crippen molar-refractivity contribution in [3.05, 3.63) is 35.9 Å². The summed E-state index contributed by atoms with van der Waals surface area (Å²) < 4.78 is 12.2. The highest BCUT2D eigenvalue weighted by Crippen LogP contribution is 2.64. The van der Waals surface area contributed by atoms with E-state index in [9.17, 15) is 14.7 Å². The van der Waals surface area contributed by atoms with Gasteiger partial charge in [-0.15, -0.1) is 6.58 Å². The summed E-state index contributed by atoms with van der Waals surface area (Å²) in [6.45, 7) is 7.64. The predicted octanol–water partition coefficient (Wildman–Crippen LogP) is 6.20. The smallest absolute Gasteiger partial charge is 0.311 e. The monoisotopic (exact) mass is 537 g/mol. The molecule has 2 aliphatic heterocycles. The van der Waals surface area contributed by atoms with Gasteiger partial charge in [-0.3, -0.25) is 14.5 Å². The number of ether oxygens (including phenoxy) is 2. The van der Waals surface area contributed by atoms with Crippen molar-refractivity contribution >= 4 is 11.8 Å². The number of nitrogens with zero attached hydrogens (tertiary/aromatic N) is 1. The molecule has 0 unspecified atom stereocenters. The highest BCUT2D eigenvalue weighted by molar-refractivity contribution is 5.90. The molecule has 6 nitrogen and oxygen atoms in total. The van der Waals surface area contributed by atoms with Crippen molar-refractivity contribution in [1.29, 1.82) is 0 Å². The average Bonchev–Trinajstić information content (AvgIpc) is 3.28. The Labute approximate surface area is 234 Å². The number of rotatable bonds is 15. The molecule has 0 aromatic heterocycles. The first-order chi connectivity index (χ1) is 19.0. The van der Waals surface area contributed by atoms with Gasteiger partial charge in [-0.1, -0.05) is 83.3 Å². The van der Waals surface area contributed by atoms with E-state index in [1.54, 1.807) is 0 Å². The summed E-state index contributed by atoms with van der Waals surface area (Å²) in [5.74, 6) is 0.689. The van der Waals surface area contributed by atoms with Crippen LogP contribution in [0, 0.1) is 0 Å². The summed E-state index contributed by atoms with van der Waals surface area (Å²) in [7, 11) is 0. The van der Waals surface area contributed by atoms with Gasteiger partial charge in [0.05, 0.1) is 11.0 Å². The lowest BCUT2D eigenvalue weighted by Crippen LogP contribution is -2.76. The van der Waals surface area contributed by atoms with Gasteiger partial charge in [0, 0.05) is 37.5 Å². The average molecular weight is 538 g/mol. The van der Waals surface area contributed by atoms with E-state index >= 15 is 0 Å². The standard InChI is InChI=1S/C33H47NO5/c1-3-5-6-7-8-9-10-11-12-13-14-15-28(36)38-26-17-16-24-23-27-33(37)19-18-25(35)31-32(33,29(24)30(26)39-31)20-22-34(27)21-4-2/h4,16-17,27,31,37H,2-3,5-15,18-23H2,1H3/t27-,31-,32+,33+/m0/s1. The second-order valence-electron chi connectivity index (χ2n) is 12.3. The minimum atomic E-state index is -1.05. The number of unbranched alkanes of at least 4 members (excludes halogenated alkanes) is 10. The van der Waals surface area contributed by atoms with Crippen molar-refractivity contribution in [2.75, 3.05) is 13.1 Å². The van der Waals surface area contributed by atoms with Gasteiger partial charge in [-0.25, -0.2) is 0 Å². The number of aliphatic hydroxyl groups is 1. The number of carbonyl (C=O) groups excluding carboxylic acids is 2. The minimum absolute atomic E-state index is 0.0397. The van der Waals surface area contributed by atoms with E-state index in [2.05, 4.69) is 18.4 Å². The van der Waals surface area contributed by atoms with Crippen LogP contribution < -0.4 is 9.47 Å². The summed E-state index contributed by atoms with van der Waals surface area (Å²) in [4.78, 5) is 28.3. The van der Waals surface area contributed by atoms with Crippen LogP contribution in [0.25, 0.3) is 0 Å². The molecule has 0 radical (unpaired) electrons. The number of hydrogen-bond donors (Lipinski definition) is 1. The maximum absolute atomic E-state index is 13.2. The highest BCUT2D eigenvalue weighted by atomic mass is 16.6. The number of ketones is 1. The SMILES string of the molecule is C=CCN1CC[C@@]23c4c5ccc(OC(=O)CCCCCCCCCCCCC)c4O[C@H]2C(=O)CC[C@@]3(O)[C@@H]1C5. The normalized spacial score (nSPS) is 28.6. The van der Waals surface area contributed by atoms with Gasteiger partial charge in [0.2, 0.25) is 0 Å². The number of carbonyl (C=O) groups is 2. The molecular weight excluding hydrogens is 490 g/mol. The molecular formula is C33H47NO5. The Morgan fingerprint density at radius 1 is 1.10 bits per heavy atom. The maximum Gasteiger partial charge on any atom is 0.311 e. The number of benzene rings is 1. The Morgan fingerprint density at radius 3 is 2.49 bits per heavy atom. The van der Waals surface area contributed by atoms with Crippen molar-refractivity contribution in [3.8, 4) is 11.5 Å². The van der Waals surface area contributed by atoms with Crippen LogP contribution in [0.3, 0.4) is 0 Å². The molecule has 2 bridgehead atoms. The summed E-state index contributed by atoms with van der Waals surface area (Å²) in [6.07, 6.45) is 17.2. The third-order valence-electron chi connectivity index (χ3n) is 9.93. The molecule has 4 aliphatic rings. The number of likely N-dealkylation sites (tertiary alicyclic amines) is 1. The molecule has 1 aromatic rings. The molecule has 6 heteroatoms. The Balaban J connectivity index is 1.20. The molecule has 1 saturated heterocycles. The molecule has 2 heterocycles. The second-order valence-corrected chi connectivity index (χ2v) is 12.3. The lowest BCUT2D eigenvalue weighted by Gasteiger charge is -2.62. The zero-order chi connectivity index (χ0) is 27.5. The van der Waals surface area contributed by atoms with E-state index in [0.29, 0.717) is 50.1 Å². The number of hydrogen-bond acceptors (Lipinski definition) is 6. The van der Waals surface area contributed by atoms with Gasteiger partial charge in [0.1, 0.15) is 0 Å². The molecule has 0 amide bonds. The Bertz CT molecular complexity index is 1070. The Morgan fingerprint density at radius 2 is 1.79 bits per heavy atom. The first-order valence-electron chi connectivity index (χ1n) is 15.6. The molecule has 2 fully saturated rings. The topological polar surface area (TPSA) is 76.1 Å². The van der Waals surface area contributed by atoms with Crippen LogP contribution in [0.15, 0.2) is 24.8 Å². The Hall–Kier alpha value is -2.18. The van der Waals surface area contributed by atoms with Crippen LogP contribution in [0.5, 0.6) is 11.5 Å². The molecule has 4 atom stereocenters. The van der Waals surface area contributed by atoms with Crippen LogP contribution >= 0.6 is 0 Å². The van der Waals surface area contributed by atoms with Gasteiger partial charge in [0.15, 0.2) is 23.4 Å². The van der Waals surface area contributed by atoms with Crippen LogP contribution in [-0.4, -0.2) is 52.6 Å². The molecule has 2 aliphatic carbocycles. The molecule has 1 N–H and O–H groups in total. The number of esters is 1. The third-order valence-corrected chi connectivity index (χ3v) is 9.93. The first kappa shape index (κ1) is 28.4. The quantitative estimate of drug-likeness (QED) is 0.124. The zero-order valence-electron chi connectivity index (χ0n) is 23.8. The fourth-order valence-electron chi connectivity index (χ4n) is 7.97. The third kappa shape index (κ3) is 5.08. The van der Waals surface area contributed by atoms with Crippen molar-refractivity contribution in [1.82, 2.24) is 4.90 Å². The molecule has 39 heavy (non-hydrogen) atoms. The first-order valence-corrected chi connectivity index (χ1v) is 15.6. The van der Waals surface area contributed by atoms with Crippen LogP contribution in [0.4, 0.5) is 0 Å². The lowest BCUT2D eigenvalue weighted by molar-refractivity contribution is -0.187. The van der Waals surface area contributed by atoms with E-state index in [1.807, 2.05) is 18.2 Å². The summed E-state index contributed by atoms with van der Waals surface area (Å²) in [5.41, 5.74) is 0.184. The maximum atomic E-state index is 13.2. The number of piperidine rings is 1. The molecule has 1 spiro atoms. The summed E-state index contributed by atoms with van der Waals surface area (Å²) in [5, 5.41) is 12.3. The van der Waals surface area contributed by atoms with Crippen molar-refractivity contribution in [2.24, 2.45) is 0 Å². The van der Waals surface area contributed by atoms with Crippen molar-refractivity contribution in [2.45, 2.75) is 133 Å². The predicted molar refractivity (Wildman–Crippen MR) is 152 cm³/mol. The fraction of sp³-hybridized carbons (Fsp3) is 0.697. The highest BCUT2D eigenvalue weighted by Gasteiger charge is 2.73. The van der Waals surface area contributed by atoms with Gasteiger partial charge >= 0.3 is 5.97 Å². The zero-order valence-corrected chi connectivity index (χ0v) is 23.8. The minimum Gasteiger partial charge on any atom is -0.477 e. The van der Waals surface area contributed by atoms with Gasteiger partial charge < -0.3 is 14.6 Å². The Kier molecular flexibility index (Phi) is 8.82. The van der Waals surface area contributed by atoms with E-state index in [-0.39, 0.29) is 17.8 Å². The van der Waals surface area contributed by atoms with Crippen LogP contribution in [-0.2, 0) is 21.4 Å². The molecule has 1 saturated carbocycles. The lowest BCUT2D eigenvalue weighted by atomic mass is 9.49. The largest absolute Gasteiger partial charge is 0.477 e. The summed E-state index contributed by atoms with van der Waals surface area (Å²) in [6, 6.07) is 3.75. The van der Waals surface area contributed by atoms with Gasteiger partial charge in [-0.2, -0.15) is 0 Å². The number of Topliss-reactive ketones (excluding diaryl/α,β-unsaturated/α-hetero) is 1.